The predicted molar refractivity (Wildman–Crippen MR) is 99.2 cm³/mol. The molecule has 0 bridgehead atoms. The molecule has 0 aliphatic carbocycles. The van der Waals surface area contributed by atoms with Crippen molar-refractivity contribution in [3.63, 3.8) is 0 Å². The molecule has 26 heavy (non-hydrogen) atoms. The molecule has 0 saturated carbocycles. The number of carbonyl (C=O) groups is 1. The second-order valence-corrected chi connectivity index (χ2v) is 6.37. The van der Waals surface area contributed by atoms with Gasteiger partial charge in [-0.15, -0.1) is 0 Å². The van der Waals surface area contributed by atoms with Crippen molar-refractivity contribution in [2.75, 3.05) is 23.3 Å². The van der Waals surface area contributed by atoms with Crippen molar-refractivity contribution >= 4 is 17.5 Å². The van der Waals surface area contributed by atoms with Gasteiger partial charge in [-0.05, 0) is 47.5 Å². The van der Waals surface area contributed by atoms with Crippen LogP contribution in [0.4, 0.5) is 11.6 Å². The van der Waals surface area contributed by atoms with E-state index in [-0.39, 0.29) is 11.8 Å². The molecule has 2 heterocycles. The molecular weight excluding hydrogens is 328 g/mol. The molecular formula is C19H20N6O. The second-order valence-electron chi connectivity index (χ2n) is 6.37. The van der Waals surface area contributed by atoms with E-state index in [0.29, 0.717) is 12.5 Å². The van der Waals surface area contributed by atoms with Crippen molar-refractivity contribution < 1.29 is 4.79 Å². The minimum atomic E-state index is -0.0927. The first-order valence-electron chi connectivity index (χ1n) is 8.76. The third-order valence-corrected chi connectivity index (χ3v) is 4.57. The summed E-state index contributed by atoms with van der Waals surface area (Å²) < 4.78 is 1.72. The van der Waals surface area contributed by atoms with Crippen molar-refractivity contribution in [1.29, 1.82) is 0 Å². The zero-order chi connectivity index (χ0) is 17.8. The molecule has 1 atom stereocenters. The van der Waals surface area contributed by atoms with E-state index in [1.807, 2.05) is 60.7 Å². The predicted octanol–water partition coefficient (Wildman–Crippen LogP) is 2.52. The molecule has 7 nitrogen and oxygen atoms in total. The molecule has 2 aromatic carbocycles. The molecule has 1 aliphatic heterocycles. The smallest absolute Gasteiger partial charge is 0.250 e. The third-order valence-electron chi connectivity index (χ3n) is 4.57. The summed E-state index contributed by atoms with van der Waals surface area (Å²) in [6.45, 7) is 1.44. The van der Waals surface area contributed by atoms with Gasteiger partial charge in [0, 0.05) is 18.8 Å². The van der Waals surface area contributed by atoms with Crippen LogP contribution in [0.15, 0.2) is 60.7 Å². The quantitative estimate of drug-likeness (QED) is 0.784. The molecule has 1 amide bonds. The fraction of sp³-hybridized carbons (Fsp3) is 0.263. The lowest BCUT2D eigenvalue weighted by molar-refractivity contribution is -0.120. The first kappa shape index (κ1) is 16.3. The Kier molecular flexibility index (Phi) is 4.59. The third kappa shape index (κ3) is 3.42. The molecule has 1 fully saturated rings. The van der Waals surface area contributed by atoms with E-state index in [1.54, 1.807) is 4.68 Å². The number of para-hydroxylation sites is 2. The maximum atomic E-state index is 12.6. The van der Waals surface area contributed by atoms with Gasteiger partial charge in [0.25, 0.3) is 0 Å². The number of hydrogen-bond donors (Lipinski definition) is 1. The lowest BCUT2D eigenvalue weighted by Crippen LogP contribution is -2.42. The Morgan fingerprint density at radius 1 is 1.04 bits per heavy atom. The van der Waals surface area contributed by atoms with Gasteiger partial charge in [-0.3, -0.25) is 4.79 Å². The van der Waals surface area contributed by atoms with Gasteiger partial charge in [-0.25, -0.2) is 0 Å². The zero-order valence-corrected chi connectivity index (χ0v) is 14.3. The molecule has 132 valence electrons. The Morgan fingerprint density at radius 2 is 1.77 bits per heavy atom. The van der Waals surface area contributed by atoms with Crippen molar-refractivity contribution in [1.82, 2.24) is 20.2 Å². The van der Waals surface area contributed by atoms with Gasteiger partial charge in [0.15, 0.2) is 0 Å². The number of piperidine rings is 1. The molecule has 1 aromatic heterocycles. The average molecular weight is 348 g/mol. The average Bonchev–Trinajstić information content (AvgIpc) is 3.19. The van der Waals surface area contributed by atoms with Crippen LogP contribution in [-0.4, -0.2) is 39.2 Å². The minimum Gasteiger partial charge on any atom is -0.339 e. The SMILES string of the molecule is O=C(Nc1ccccc1)C1CCCN(c2nnnn2-c2ccccc2)C1. The van der Waals surface area contributed by atoms with Gasteiger partial charge in [0.2, 0.25) is 11.9 Å². The van der Waals surface area contributed by atoms with E-state index in [2.05, 4.69) is 25.7 Å². The molecule has 1 saturated heterocycles. The normalized spacial score (nSPS) is 17.1. The molecule has 4 rings (SSSR count). The van der Waals surface area contributed by atoms with Gasteiger partial charge in [-0.2, -0.15) is 4.68 Å². The Labute approximate surface area is 151 Å². The van der Waals surface area contributed by atoms with Crippen LogP contribution in [-0.2, 0) is 4.79 Å². The molecule has 1 unspecified atom stereocenters. The van der Waals surface area contributed by atoms with Crippen molar-refractivity contribution in [3.8, 4) is 5.69 Å². The van der Waals surface area contributed by atoms with E-state index >= 15 is 0 Å². The highest BCUT2D eigenvalue weighted by molar-refractivity contribution is 5.93. The summed E-state index contributed by atoms with van der Waals surface area (Å²) in [7, 11) is 0. The van der Waals surface area contributed by atoms with Crippen LogP contribution in [0.25, 0.3) is 5.69 Å². The number of amides is 1. The summed E-state index contributed by atoms with van der Waals surface area (Å²) in [4.78, 5) is 14.7. The Bertz CT molecular complexity index is 864. The second kappa shape index (κ2) is 7.35. The molecule has 7 heteroatoms. The number of hydrogen-bond acceptors (Lipinski definition) is 5. The van der Waals surface area contributed by atoms with Crippen LogP contribution in [0.3, 0.4) is 0 Å². The largest absolute Gasteiger partial charge is 0.339 e. The Morgan fingerprint density at radius 3 is 2.54 bits per heavy atom. The van der Waals surface area contributed by atoms with Gasteiger partial charge < -0.3 is 10.2 Å². The van der Waals surface area contributed by atoms with E-state index in [4.69, 9.17) is 0 Å². The van der Waals surface area contributed by atoms with E-state index in [0.717, 1.165) is 30.8 Å². The maximum Gasteiger partial charge on any atom is 0.250 e. The highest BCUT2D eigenvalue weighted by Gasteiger charge is 2.28. The fourth-order valence-corrected chi connectivity index (χ4v) is 3.25. The van der Waals surface area contributed by atoms with Crippen LogP contribution in [0.1, 0.15) is 12.8 Å². The highest BCUT2D eigenvalue weighted by atomic mass is 16.1. The van der Waals surface area contributed by atoms with Crippen LogP contribution in [0.2, 0.25) is 0 Å². The number of anilines is 2. The Balaban J connectivity index is 1.49. The van der Waals surface area contributed by atoms with Crippen LogP contribution >= 0.6 is 0 Å². The molecule has 0 radical (unpaired) electrons. The fourth-order valence-electron chi connectivity index (χ4n) is 3.25. The minimum absolute atomic E-state index is 0.0413. The first-order valence-corrected chi connectivity index (χ1v) is 8.76. The first-order chi connectivity index (χ1) is 12.8. The molecule has 3 aromatic rings. The summed E-state index contributed by atoms with van der Waals surface area (Å²) in [5.74, 6) is 0.623. The lowest BCUT2D eigenvalue weighted by Gasteiger charge is -2.32. The summed E-state index contributed by atoms with van der Waals surface area (Å²) in [6, 6.07) is 19.3. The summed E-state index contributed by atoms with van der Waals surface area (Å²) in [6.07, 6.45) is 1.79. The number of benzene rings is 2. The number of nitrogens with zero attached hydrogens (tertiary/aromatic N) is 5. The number of nitrogens with one attached hydrogen (secondary N) is 1. The van der Waals surface area contributed by atoms with E-state index in [1.165, 1.54) is 0 Å². The van der Waals surface area contributed by atoms with Crippen LogP contribution < -0.4 is 10.2 Å². The summed E-state index contributed by atoms with van der Waals surface area (Å²) in [5.41, 5.74) is 1.73. The zero-order valence-electron chi connectivity index (χ0n) is 14.3. The van der Waals surface area contributed by atoms with Crippen molar-refractivity contribution in [2.24, 2.45) is 5.92 Å². The number of tetrazole rings is 1. The monoisotopic (exact) mass is 348 g/mol. The van der Waals surface area contributed by atoms with Gasteiger partial charge in [0.05, 0.1) is 11.6 Å². The molecule has 0 spiro atoms. The number of carbonyl (C=O) groups excluding carboxylic acids is 1. The molecule has 1 N–H and O–H groups in total. The van der Waals surface area contributed by atoms with Crippen molar-refractivity contribution in [2.45, 2.75) is 12.8 Å². The van der Waals surface area contributed by atoms with Gasteiger partial charge >= 0.3 is 0 Å². The molecule has 1 aliphatic rings. The van der Waals surface area contributed by atoms with Crippen LogP contribution in [0, 0.1) is 5.92 Å². The van der Waals surface area contributed by atoms with E-state index in [9.17, 15) is 4.79 Å². The topological polar surface area (TPSA) is 75.9 Å². The number of rotatable bonds is 4. The van der Waals surface area contributed by atoms with Crippen LogP contribution in [0.5, 0.6) is 0 Å². The maximum absolute atomic E-state index is 12.6. The lowest BCUT2D eigenvalue weighted by atomic mass is 9.97. The number of aromatic nitrogens is 4. The highest BCUT2D eigenvalue weighted by Crippen LogP contribution is 2.24. The standard InChI is InChI=1S/C19H20N6O/c26-18(20-16-9-3-1-4-10-16)15-8-7-13-24(14-15)19-21-22-23-25(19)17-11-5-2-6-12-17/h1-6,9-12,15H,7-8,13-14H2,(H,20,26). The van der Waals surface area contributed by atoms with Gasteiger partial charge in [-0.1, -0.05) is 41.5 Å². The Hall–Kier alpha value is -3.22. The summed E-state index contributed by atoms with van der Waals surface area (Å²) >= 11 is 0. The van der Waals surface area contributed by atoms with Gasteiger partial charge in [0.1, 0.15) is 0 Å². The summed E-state index contributed by atoms with van der Waals surface area (Å²) in [5, 5.41) is 15.1. The van der Waals surface area contributed by atoms with Crippen molar-refractivity contribution in [3.05, 3.63) is 60.7 Å². The van der Waals surface area contributed by atoms with E-state index < -0.39 is 0 Å².